The zero-order valence-electron chi connectivity index (χ0n) is 10.5. The molecule has 1 aromatic heterocycles. The van der Waals surface area contributed by atoms with Crippen LogP contribution in [0, 0.1) is 6.92 Å². The zero-order valence-corrected chi connectivity index (χ0v) is 10.5. The van der Waals surface area contributed by atoms with E-state index in [1.54, 1.807) is 25.1 Å². The van der Waals surface area contributed by atoms with Crippen molar-refractivity contribution in [1.29, 1.82) is 0 Å². The Morgan fingerprint density at radius 2 is 2.06 bits per heavy atom. The molecule has 1 heterocycles. The van der Waals surface area contributed by atoms with Gasteiger partial charge in [0.15, 0.2) is 11.5 Å². The van der Waals surface area contributed by atoms with E-state index in [0.29, 0.717) is 22.6 Å². The molecule has 1 N–H and O–H groups in total. The number of aromatic nitrogens is 1. The quantitative estimate of drug-likeness (QED) is 0.822. The second-order valence-corrected chi connectivity index (χ2v) is 5.12. The molecule has 0 saturated heterocycles. The van der Waals surface area contributed by atoms with Gasteiger partial charge in [0.05, 0.1) is 0 Å². The number of hydrogen-bond acceptors (Lipinski definition) is 3. The van der Waals surface area contributed by atoms with Crippen molar-refractivity contribution in [3.63, 3.8) is 0 Å². The molecule has 0 aliphatic rings. The van der Waals surface area contributed by atoms with Gasteiger partial charge in [0.1, 0.15) is 5.52 Å². The Hall–Kier alpha value is -1.84. The van der Waals surface area contributed by atoms with Gasteiger partial charge in [-0.15, -0.1) is 0 Å². The zero-order chi connectivity index (χ0) is 12.6. The molecule has 2 aromatic rings. The van der Waals surface area contributed by atoms with E-state index in [1.165, 1.54) is 0 Å². The van der Waals surface area contributed by atoms with Crippen LogP contribution in [0.4, 0.5) is 0 Å². The van der Waals surface area contributed by atoms with Crippen LogP contribution in [-0.2, 0) is 0 Å². The Labute approximate surface area is 100 Å². The SMILES string of the molecule is Cc1nc2cc(C(=O)NC(C)(C)C)ccc2o1. The lowest BCUT2D eigenvalue weighted by molar-refractivity contribution is 0.0919. The summed E-state index contributed by atoms with van der Waals surface area (Å²) < 4.78 is 5.36. The minimum absolute atomic E-state index is 0.0972. The number of oxazole rings is 1. The van der Waals surface area contributed by atoms with Crippen molar-refractivity contribution >= 4 is 17.0 Å². The van der Waals surface area contributed by atoms with Gasteiger partial charge < -0.3 is 9.73 Å². The van der Waals surface area contributed by atoms with Crippen LogP contribution in [0.3, 0.4) is 0 Å². The third-order valence-electron chi connectivity index (χ3n) is 2.25. The molecule has 17 heavy (non-hydrogen) atoms. The number of benzene rings is 1. The number of carbonyl (C=O) groups is 1. The third kappa shape index (κ3) is 2.64. The largest absolute Gasteiger partial charge is 0.441 e. The molecular weight excluding hydrogens is 216 g/mol. The van der Waals surface area contributed by atoms with E-state index < -0.39 is 0 Å². The van der Waals surface area contributed by atoms with Crippen LogP contribution in [0.25, 0.3) is 11.1 Å². The molecule has 90 valence electrons. The number of hydrogen-bond donors (Lipinski definition) is 1. The van der Waals surface area contributed by atoms with Crippen LogP contribution in [0.2, 0.25) is 0 Å². The molecule has 0 bridgehead atoms. The minimum atomic E-state index is -0.244. The average Bonchev–Trinajstić information content (AvgIpc) is 2.53. The van der Waals surface area contributed by atoms with E-state index in [4.69, 9.17) is 4.42 Å². The van der Waals surface area contributed by atoms with Gasteiger partial charge in [-0.2, -0.15) is 0 Å². The highest BCUT2D eigenvalue weighted by Crippen LogP contribution is 2.17. The molecule has 2 rings (SSSR count). The summed E-state index contributed by atoms with van der Waals surface area (Å²) in [6.07, 6.45) is 0. The van der Waals surface area contributed by atoms with Crippen LogP contribution in [0.1, 0.15) is 37.0 Å². The van der Waals surface area contributed by atoms with E-state index in [1.807, 2.05) is 20.8 Å². The number of aryl methyl sites for hydroxylation is 1. The molecule has 0 saturated carbocycles. The number of carbonyl (C=O) groups excluding carboxylic acids is 1. The molecule has 0 unspecified atom stereocenters. The first-order chi connectivity index (χ1) is 7.85. The summed E-state index contributed by atoms with van der Waals surface area (Å²) in [6.45, 7) is 7.63. The van der Waals surface area contributed by atoms with Crippen LogP contribution >= 0.6 is 0 Å². The fraction of sp³-hybridized carbons (Fsp3) is 0.385. The lowest BCUT2D eigenvalue weighted by Crippen LogP contribution is -2.40. The first kappa shape index (κ1) is 11.6. The summed E-state index contributed by atoms with van der Waals surface area (Å²) in [6, 6.07) is 5.26. The monoisotopic (exact) mass is 232 g/mol. The minimum Gasteiger partial charge on any atom is -0.441 e. The number of nitrogens with zero attached hydrogens (tertiary/aromatic N) is 1. The van der Waals surface area contributed by atoms with E-state index in [9.17, 15) is 4.79 Å². The van der Waals surface area contributed by atoms with Crippen molar-refractivity contribution in [2.45, 2.75) is 33.2 Å². The van der Waals surface area contributed by atoms with Gasteiger partial charge >= 0.3 is 0 Å². The molecule has 0 atom stereocenters. The summed E-state index contributed by atoms with van der Waals surface area (Å²) >= 11 is 0. The van der Waals surface area contributed by atoms with Crippen molar-refractivity contribution in [2.75, 3.05) is 0 Å². The number of nitrogens with one attached hydrogen (secondary N) is 1. The molecule has 0 fully saturated rings. The van der Waals surface area contributed by atoms with Crippen molar-refractivity contribution in [3.05, 3.63) is 29.7 Å². The Kier molecular flexibility index (Phi) is 2.65. The molecule has 1 amide bonds. The molecule has 0 radical (unpaired) electrons. The highest BCUT2D eigenvalue weighted by molar-refractivity contribution is 5.97. The maximum absolute atomic E-state index is 11.9. The Morgan fingerprint density at radius 3 is 2.71 bits per heavy atom. The maximum atomic E-state index is 11.9. The van der Waals surface area contributed by atoms with E-state index in [-0.39, 0.29) is 11.4 Å². The lowest BCUT2D eigenvalue weighted by atomic mass is 10.1. The first-order valence-electron chi connectivity index (χ1n) is 5.55. The van der Waals surface area contributed by atoms with Crippen molar-refractivity contribution < 1.29 is 9.21 Å². The van der Waals surface area contributed by atoms with Crippen LogP contribution in [-0.4, -0.2) is 16.4 Å². The van der Waals surface area contributed by atoms with Crippen LogP contribution in [0.5, 0.6) is 0 Å². The fourth-order valence-corrected chi connectivity index (χ4v) is 1.60. The summed E-state index contributed by atoms with van der Waals surface area (Å²) in [5.41, 5.74) is 1.77. The topological polar surface area (TPSA) is 55.1 Å². The molecule has 4 nitrogen and oxygen atoms in total. The molecule has 0 aliphatic carbocycles. The Balaban J connectivity index is 2.33. The summed E-state index contributed by atoms with van der Waals surface area (Å²) in [5, 5.41) is 2.91. The standard InChI is InChI=1S/C13H16N2O2/c1-8-14-10-7-9(5-6-11(10)17-8)12(16)15-13(2,3)4/h5-7H,1-4H3,(H,15,16). The molecular formula is C13H16N2O2. The van der Waals surface area contributed by atoms with Gasteiger partial charge in [0.25, 0.3) is 5.91 Å². The predicted octanol–water partition coefficient (Wildman–Crippen LogP) is 2.66. The lowest BCUT2D eigenvalue weighted by Gasteiger charge is -2.20. The van der Waals surface area contributed by atoms with Crippen molar-refractivity contribution in [1.82, 2.24) is 10.3 Å². The molecule has 4 heteroatoms. The summed E-state index contributed by atoms with van der Waals surface area (Å²) in [4.78, 5) is 16.1. The van der Waals surface area contributed by atoms with Gasteiger partial charge in [0.2, 0.25) is 0 Å². The molecule has 1 aromatic carbocycles. The third-order valence-corrected chi connectivity index (χ3v) is 2.25. The Morgan fingerprint density at radius 1 is 1.35 bits per heavy atom. The van der Waals surface area contributed by atoms with Gasteiger partial charge in [-0.05, 0) is 39.0 Å². The average molecular weight is 232 g/mol. The van der Waals surface area contributed by atoms with Crippen molar-refractivity contribution in [2.24, 2.45) is 0 Å². The van der Waals surface area contributed by atoms with Crippen molar-refractivity contribution in [3.8, 4) is 0 Å². The predicted molar refractivity (Wildman–Crippen MR) is 66.0 cm³/mol. The van der Waals surface area contributed by atoms with Crippen LogP contribution < -0.4 is 5.32 Å². The summed E-state index contributed by atoms with van der Waals surface area (Å²) in [5.74, 6) is 0.508. The van der Waals surface area contributed by atoms with Gasteiger partial charge in [-0.25, -0.2) is 4.98 Å². The highest BCUT2D eigenvalue weighted by Gasteiger charge is 2.16. The molecule has 0 spiro atoms. The van der Waals surface area contributed by atoms with Gasteiger partial charge in [0, 0.05) is 18.0 Å². The summed E-state index contributed by atoms with van der Waals surface area (Å²) in [7, 11) is 0. The van der Waals surface area contributed by atoms with Gasteiger partial charge in [-0.1, -0.05) is 0 Å². The smallest absolute Gasteiger partial charge is 0.251 e. The highest BCUT2D eigenvalue weighted by atomic mass is 16.3. The van der Waals surface area contributed by atoms with Gasteiger partial charge in [-0.3, -0.25) is 4.79 Å². The molecule has 0 aliphatic heterocycles. The number of rotatable bonds is 1. The Bertz CT molecular complexity index is 564. The number of amides is 1. The fourth-order valence-electron chi connectivity index (χ4n) is 1.60. The van der Waals surface area contributed by atoms with E-state index in [2.05, 4.69) is 10.3 Å². The normalized spacial score (nSPS) is 11.8. The maximum Gasteiger partial charge on any atom is 0.251 e. The second-order valence-electron chi connectivity index (χ2n) is 5.12. The van der Waals surface area contributed by atoms with Crippen LogP contribution in [0.15, 0.2) is 22.6 Å². The van der Waals surface area contributed by atoms with E-state index in [0.717, 1.165) is 0 Å². The second kappa shape index (κ2) is 3.87. The number of fused-ring (bicyclic) bond motifs is 1. The van der Waals surface area contributed by atoms with E-state index >= 15 is 0 Å². The first-order valence-corrected chi connectivity index (χ1v) is 5.55.